The number of para-hydroxylation sites is 3. The van der Waals surface area contributed by atoms with E-state index in [4.69, 9.17) is 0 Å². The number of thioether (sulfide) groups is 1. The lowest BCUT2D eigenvalue weighted by atomic mass is 10.2. The highest BCUT2D eigenvalue weighted by molar-refractivity contribution is 8.00. The fraction of sp³-hybridized carbons (Fsp3) is 0.107. The molecule has 1 amide bonds. The molecule has 2 aromatic heterocycles. The third-order valence-corrected chi connectivity index (χ3v) is 8.88. The molecule has 5 aromatic rings. The maximum absolute atomic E-state index is 13.1. The predicted octanol–water partition coefficient (Wildman–Crippen LogP) is 5.22. The number of sulfonamides is 1. The van der Waals surface area contributed by atoms with Crippen LogP contribution in [0.1, 0.15) is 11.1 Å². The molecule has 38 heavy (non-hydrogen) atoms. The van der Waals surface area contributed by atoms with Crippen molar-refractivity contribution in [1.82, 2.24) is 9.38 Å². The molecule has 0 saturated carbocycles. The minimum absolute atomic E-state index is 0.0728. The van der Waals surface area contributed by atoms with Crippen molar-refractivity contribution >= 4 is 55.7 Å². The van der Waals surface area contributed by atoms with Crippen LogP contribution < -0.4 is 9.62 Å². The summed E-state index contributed by atoms with van der Waals surface area (Å²) in [5.74, 6) is -0.214. The number of nitriles is 1. The van der Waals surface area contributed by atoms with Crippen molar-refractivity contribution in [2.45, 2.75) is 16.8 Å². The summed E-state index contributed by atoms with van der Waals surface area (Å²) in [4.78, 5) is 17.6. The molecule has 0 radical (unpaired) electrons. The van der Waals surface area contributed by atoms with E-state index in [9.17, 15) is 18.5 Å². The SMILES string of the molecule is Cc1cc(SCC(=O)Nc2cccc(S(=O)(=O)N(C)c3ccccc3)c2)n2c(nc3ccccc32)c1C#N. The van der Waals surface area contributed by atoms with Crippen LogP contribution in [0.25, 0.3) is 16.7 Å². The zero-order chi connectivity index (χ0) is 26.9. The molecule has 5 rings (SSSR count). The van der Waals surface area contributed by atoms with Gasteiger partial charge in [-0.05, 0) is 61.0 Å². The number of fused-ring (bicyclic) bond motifs is 3. The third kappa shape index (κ3) is 4.69. The minimum Gasteiger partial charge on any atom is -0.325 e. The van der Waals surface area contributed by atoms with Crippen LogP contribution in [0.3, 0.4) is 0 Å². The van der Waals surface area contributed by atoms with Crippen LogP contribution in [-0.2, 0) is 14.8 Å². The van der Waals surface area contributed by atoms with Gasteiger partial charge in [-0.25, -0.2) is 13.4 Å². The number of aryl methyl sites for hydroxylation is 1. The van der Waals surface area contributed by atoms with Crippen LogP contribution in [0.2, 0.25) is 0 Å². The second kappa shape index (κ2) is 10.2. The maximum atomic E-state index is 13.1. The lowest BCUT2D eigenvalue weighted by Gasteiger charge is -2.20. The van der Waals surface area contributed by atoms with Gasteiger partial charge >= 0.3 is 0 Å². The van der Waals surface area contributed by atoms with Gasteiger partial charge < -0.3 is 5.32 Å². The molecule has 0 aliphatic heterocycles. The largest absolute Gasteiger partial charge is 0.325 e. The van der Waals surface area contributed by atoms with E-state index in [1.165, 1.54) is 35.2 Å². The monoisotopic (exact) mass is 541 g/mol. The topological polar surface area (TPSA) is 108 Å². The van der Waals surface area contributed by atoms with E-state index in [1.54, 1.807) is 36.4 Å². The number of pyridine rings is 1. The Morgan fingerprint density at radius 1 is 1.05 bits per heavy atom. The van der Waals surface area contributed by atoms with E-state index in [2.05, 4.69) is 16.4 Å². The standard InChI is InChI=1S/C28H23N5O3S2/c1-19-15-27(33-25-14-7-6-13-24(25)31-28(33)23(19)17-29)37-18-26(34)30-20-9-8-12-22(16-20)38(35,36)32(2)21-10-4-3-5-11-21/h3-16H,18H2,1-2H3,(H,30,34). The molecule has 0 bridgehead atoms. The first-order valence-corrected chi connectivity index (χ1v) is 14.1. The highest BCUT2D eigenvalue weighted by atomic mass is 32.2. The zero-order valence-electron chi connectivity index (χ0n) is 20.6. The van der Waals surface area contributed by atoms with Gasteiger partial charge in [0.2, 0.25) is 5.91 Å². The molecule has 10 heteroatoms. The van der Waals surface area contributed by atoms with Crippen LogP contribution in [0.15, 0.2) is 94.9 Å². The molecule has 190 valence electrons. The molecule has 0 aliphatic rings. The summed E-state index contributed by atoms with van der Waals surface area (Å²) >= 11 is 1.32. The Hall–Kier alpha value is -4.33. The average Bonchev–Trinajstić information content (AvgIpc) is 3.31. The maximum Gasteiger partial charge on any atom is 0.264 e. The number of imidazole rings is 1. The molecule has 3 aromatic carbocycles. The molecule has 0 unspecified atom stereocenters. The third-order valence-electron chi connectivity index (χ3n) is 6.10. The number of carbonyl (C=O) groups excluding carboxylic acids is 1. The van der Waals surface area contributed by atoms with Gasteiger partial charge in [0.05, 0.1) is 38.0 Å². The molecular weight excluding hydrogens is 518 g/mol. The Kier molecular flexibility index (Phi) is 6.80. The lowest BCUT2D eigenvalue weighted by Crippen LogP contribution is -2.26. The van der Waals surface area contributed by atoms with Crippen molar-refractivity contribution in [3.8, 4) is 6.07 Å². The lowest BCUT2D eigenvalue weighted by molar-refractivity contribution is -0.113. The van der Waals surface area contributed by atoms with E-state index in [0.29, 0.717) is 22.6 Å². The van der Waals surface area contributed by atoms with Crippen LogP contribution in [0.4, 0.5) is 11.4 Å². The minimum atomic E-state index is -3.82. The average molecular weight is 542 g/mol. The second-order valence-electron chi connectivity index (χ2n) is 8.58. The highest BCUT2D eigenvalue weighted by Gasteiger charge is 2.22. The van der Waals surface area contributed by atoms with Gasteiger partial charge in [0.15, 0.2) is 5.65 Å². The van der Waals surface area contributed by atoms with Gasteiger partial charge in [0.1, 0.15) is 6.07 Å². The number of hydrogen-bond acceptors (Lipinski definition) is 6. The van der Waals surface area contributed by atoms with Gasteiger partial charge in [-0.1, -0.05) is 48.2 Å². The Morgan fingerprint density at radius 3 is 2.55 bits per heavy atom. The molecule has 0 saturated heterocycles. The molecule has 2 heterocycles. The van der Waals surface area contributed by atoms with Crippen LogP contribution in [-0.4, -0.2) is 36.5 Å². The molecule has 0 atom stereocenters. The van der Waals surface area contributed by atoms with E-state index < -0.39 is 10.0 Å². The van der Waals surface area contributed by atoms with E-state index in [0.717, 1.165) is 21.6 Å². The Labute approximate surface area is 224 Å². The predicted molar refractivity (Wildman–Crippen MR) is 150 cm³/mol. The number of rotatable bonds is 7. The summed E-state index contributed by atoms with van der Waals surface area (Å²) < 4.78 is 29.4. The van der Waals surface area contributed by atoms with Gasteiger partial charge in [-0.15, -0.1) is 0 Å². The summed E-state index contributed by atoms with van der Waals surface area (Å²) in [6, 6.07) is 26.7. The summed E-state index contributed by atoms with van der Waals surface area (Å²) in [5, 5.41) is 13.3. The first-order valence-electron chi connectivity index (χ1n) is 11.7. The molecule has 0 aliphatic carbocycles. The van der Waals surface area contributed by atoms with Crippen molar-refractivity contribution in [3.05, 3.63) is 96.1 Å². The smallest absolute Gasteiger partial charge is 0.264 e. The first-order chi connectivity index (χ1) is 18.3. The van der Waals surface area contributed by atoms with E-state index in [1.807, 2.05) is 47.7 Å². The number of hydrogen-bond donors (Lipinski definition) is 1. The molecular formula is C28H23N5O3S2. The van der Waals surface area contributed by atoms with E-state index in [-0.39, 0.29) is 16.6 Å². The van der Waals surface area contributed by atoms with Crippen molar-refractivity contribution in [2.24, 2.45) is 0 Å². The zero-order valence-corrected chi connectivity index (χ0v) is 22.3. The van der Waals surface area contributed by atoms with Crippen LogP contribution in [0.5, 0.6) is 0 Å². The molecule has 1 N–H and O–H groups in total. The van der Waals surface area contributed by atoms with Crippen molar-refractivity contribution in [1.29, 1.82) is 5.26 Å². The molecule has 0 spiro atoms. The number of aromatic nitrogens is 2. The quantitative estimate of drug-likeness (QED) is 0.283. The van der Waals surface area contributed by atoms with Crippen molar-refractivity contribution < 1.29 is 13.2 Å². The number of carbonyl (C=O) groups is 1. The van der Waals surface area contributed by atoms with Gasteiger partial charge in [-0.2, -0.15) is 5.26 Å². The Bertz CT molecular complexity index is 1830. The Morgan fingerprint density at radius 2 is 1.79 bits per heavy atom. The normalized spacial score (nSPS) is 11.4. The van der Waals surface area contributed by atoms with Gasteiger partial charge in [0, 0.05) is 12.7 Å². The molecule has 0 fully saturated rings. The number of amides is 1. The van der Waals surface area contributed by atoms with Gasteiger partial charge in [-0.3, -0.25) is 13.5 Å². The summed E-state index contributed by atoms with van der Waals surface area (Å²) in [6.07, 6.45) is 0. The van der Waals surface area contributed by atoms with Crippen molar-refractivity contribution in [2.75, 3.05) is 22.4 Å². The van der Waals surface area contributed by atoms with Crippen LogP contribution in [0, 0.1) is 18.3 Å². The fourth-order valence-electron chi connectivity index (χ4n) is 4.17. The summed E-state index contributed by atoms with van der Waals surface area (Å²) in [6.45, 7) is 1.85. The number of anilines is 2. The fourth-order valence-corrected chi connectivity index (χ4v) is 6.33. The summed E-state index contributed by atoms with van der Waals surface area (Å²) in [5.41, 5.74) is 4.35. The highest BCUT2D eigenvalue weighted by Crippen LogP contribution is 2.30. The second-order valence-corrected chi connectivity index (χ2v) is 11.5. The first kappa shape index (κ1) is 25.3. The number of nitrogens with one attached hydrogen (secondary N) is 1. The van der Waals surface area contributed by atoms with Gasteiger partial charge in [0.25, 0.3) is 10.0 Å². The van der Waals surface area contributed by atoms with Crippen LogP contribution >= 0.6 is 11.8 Å². The summed E-state index contributed by atoms with van der Waals surface area (Å²) in [7, 11) is -2.32. The Balaban J connectivity index is 1.36. The number of benzene rings is 3. The van der Waals surface area contributed by atoms with Crippen molar-refractivity contribution in [3.63, 3.8) is 0 Å². The number of nitrogens with zero attached hydrogens (tertiary/aromatic N) is 4. The van der Waals surface area contributed by atoms with E-state index >= 15 is 0 Å². The molecule has 8 nitrogen and oxygen atoms in total.